The number of nitrogens with one attached hydrogen (secondary N) is 2. The van der Waals surface area contributed by atoms with Gasteiger partial charge < -0.3 is 0 Å². The number of nitrogens with zero attached hydrogens (tertiary/aromatic N) is 1. The first kappa shape index (κ1) is 13.7. The molecule has 0 saturated carbocycles. The van der Waals surface area contributed by atoms with Crippen LogP contribution < -0.4 is 4.72 Å². The Morgan fingerprint density at radius 3 is 2.72 bits per heavy atom. The Kier molecular flexibility index (Phi) is 4.21. The number of H-pyrrole nitrogens is 1. The van der Waals surface area contributed by atoms with Gasteiger partial charge in [-0.15, -0.1) is 0 Å². The molecule has 0 aliphatic heterocycles. The molecule has 0 amide bonds. The highest BCUT2D eigenvalue weighted by atomic mass is 79.9. The van der Waals surface area contributed by atoms with E-state index >= 15 is 0 Å². The summed E-state index contributed by atoms with van der Waals surface area (Å²) in [6.07, 6.45) is 3.21. The molecule has 0 fully saturated rings. The van der Waals surface area contributed by atoms with Gasteiger partial charge in [-0.3, -0.25) is 5.10 Å². The van der Waals surface area contributed by atoms with Crippen molar-refractivity contribution in [3.63, 3.8) is 0 Å². The summed E-state index contributed by atoms with van der Waals surface area (Å²) in [5.41, 5.74) is 0.770. The van der Waals surface area contributed by atoms with E-state index < -0.39 is 10.0 Å². The van der Waals surface area contributed by atoms with Crippen molar-refractivity contribution in [1.29, 1.82) is 0 Å². The summed E-state index contributed by atoms with van der Waals surface area (Å²) in [5, 5.41) is 6.37. The van der Waals surface area contributed by atoms with Crippen molar-refractivity contribution in [2.75, 3.05) is 0 Å². The normalized spacial score (nSPS) is 11.7. The van der Waals surface area contributed by atoms with Crippen LogP contribution in [0.1, 0.15) is 5.56 Å². The average molecular weight is 395 g/mol. The minimum atomic E-state index is -3.54. The molecule has 18 heavy (non-hydrogen) atoms. The standard InChI is InChI=1S/C10H9Br2N3O2S/c11-8-1-2-10(9(12)3-8)18(16,17)15-6-7-4-13-14-5-7/h1-5,15H,6H2,(H,13,14). The maximum absolute atomic E-state index is 12.1. The van der Waals surface area contributed by atoms with E-state index in [0.29, 0.717) is 4.47 Å². The zero-order valence-electron chi connectivity index (χ0n) is 9.02. The Morgan fingerprint density at radius 1 is 1.33 bits per heavy atom. The van der Waals surface area contributed by atoms with Gasteiger partial charge in [0.25, 0.3) is 0 Å². The fourth-order valence-electron chi connectivity index (χ4n) is 1.32. The third-order valence-corrected chi connectivity index (χ3v) is 5.08. The first-order valence-corrected chi connectivity index (χ1v) is 7.98. The fourth-order valence-corrected chi connectivity index (χ4v) is 4.08. The van der Waals surface area contributed by atoms with Crippen molar-refractivity contribution in [2.45, 2.75) is 11.4 Å². The second kappa shape index (κ2) is 5.52. The Bertz CT molecular complexity index is 641. The molecule has 0 unspecified atom stereocenters. The summed E-state index contributed by atoms with van der Waals surface area (Å²) >= 11 is 6.51. The second-order valence-electron chi connectivity index (χ2n) is 3.51. The lowest BCUT2D eigenvalue weighted by molar-refractivity contribution is 0.581. The molecule has 96 valence electrons. The quantitative estimate of drug-likeness (QED) is 0.836. The van der Waals surface area contributed by atoms with E-state index in [1.165, 1.54) is 6.07 Å². The lowest BCUT2D eigenvalue weighted by atomic mass is 10.4. The predicted molar refractivity (Wildman–Crippen MR) is 74.5 cm³/mol. The summed E-state index contributed by atoms with van der Waals surface area (Å²) in [7, 11) is -3.54. The third-order valence-electron chi connectivity index (χ3n) is 2.20. The molecule has 0 aliphatic carbocycles. The van der Waals surface area contributed by atoms with Crippen LogP contribution in [0.3, 0.4) is 0 Å². The highest BCUT2D eigenvalue weighted by Crippen LogP contribution is 2.25. The molecule has 0 aliphatic rings. The monoisotopic (exact) mass is 393 g/mol. The van der Waals surface area contributed by atoms with Crippen molar-refractivity contribution in [2.24, 2.45) is 0 Å². The van der Waals surface area contributed by atoms with Crippen LogP contribution in [-0.2, 0) is 16.6 Å². The van der Waals surface area contributed by atoms with Crippen LogP contribution in [-0.4, -0.2) is 18.6 Å². The third kappa shape index (κ3) is 3.19. The molecule has 2 rings (SSSR count). The van der Waals surface area contributed by atoms with Crippen LogP contribution >= 0.6 is 31.9 Å². The van der Waals surface area contributed by atoms with Crippen molar-refractivity contribution < 1.29 is 8.42 Å². The second-order valence-corrected chi connectivity index (χ2v) is 7.01. The van der Waals surface area contributed by atoms with E-state index in [4.69, 9.17) is 0 Å². The number of rotatable bonds is 4. The lowest BCUT2D eigenvalue weighted by Gasteiger charge is -2.07. The summed E-state index contributed by atoms with van der Waals surface area (Å²) in [6, 6.07) is 4.90. The van der Waals surface area contributed by atoms with Crippen LogP contribution in [0, 0.1) is 0 Å². The number of aromatic amines is 1. The van der Waals surface area contributed by atoms with Gasteiger partial charge in [0, 0.05) is 27.3 Å². The van der Waals surface area contributed by atoms with E-state index in [9.17, 15) is 8.42 Å². The topological polar surface area (TPSA) is 74.8 Å². The molecule has 0 bridgehead atoms. The zero-order chi connectivity index (χ0) is 13.2. The number of benzene rings is 1. The van der Waals surface area contributed by atoms with Gasteiger partial charge in [-0.05, 0) is 34.1 Å². The Balaban J connectivity index is 2.20. The van der Waals surface area contributed by atoms with E-state index in [0.717, 1.165) is 10.0 Å². The summed E-state index contributed by atoms with van der Waals surface area (Å²) in [5.74, 6) is 0. The summed E-state index contributed by atoms with van der Waals surface area (Å²) < 4.78 is 28.0. The molecule has 0 atom stereocenters. The van der Waals surface area contributed by atoms with Gasteiger partial charge >= 0.3 is 0 Å². The Labute approximate surface area is 121 Å². The number of aromatic nitrogens is 2. The van der Waals surface area contributed by atoms with Gasteiger partial charge in [-0.25, -0.2) is 13.1 Å². The molecule has 0 saturated heterocycles. The number of hydrogen-bond acceptors (Lipinski definition) is 3. The Morgan fingerprint density at radius 2 is 2.11 bits per heavy atom. The van der Waals surface area contributed by atoms with Crippen molar-refractivity contribution >= 4 is 41.9 Å². The first-order valence-electron chi connectivity index (χ1n) is 4.91. The highest BCUT2D eigenvalue weighted by molar-refractivity contribution is 9.11. The van der Waals surface area contributed by atoms with E-state index in [1.807, 2.05) is 0 Å². The molecule has 5 nitrogen and oxygen atoms in total. The van der Waals surface area contributed by atoms with Crippen LogP contribution in [0.25, 0.3) is 0 Å². The minimum absolute atomic E-state index is 0.196. The van der Waals surface area contributed by atoms with E-state index in [-0.39, 0.29) is 11.4 Å². The van der Waals surface area contributed by atoms with Crippen LogP contribution in [0.2, 0.25) is 0 Å². The fraction of sp³-hybridized carbons (Fsp3) is 0.100. The van der Waals surface area contributed by atoms with Crippen molar-refractivity contribution in [1.82, 2.24) is 14.9 Å². The predicted octanol–water partition coefficient (Wildman–Crippen LogP) is 2.41. The SMILES string of the molecule is O=S(=O)(NCc1cn[nH]c1)c1ccc(Br)cc1Br. The number of halogens is 2. The van der Waals surface area contributed by atoms with Crippen LogP contribution in [0.4, 0.5) is 0 Å². The molecule has 2 N–H and O–H groups in total. The lowest BCUT2D eigenvalue weighted by Crippen LogP contribution is -2.23. The maximum atomic E-state index is 12.1. The van der Waals surface area contributed by atoms with E-state index in [2.05, 4.69) is 46.8 Å². The van der Waals surface area contributed by atoms with Crippen molar-refractivity contribution in [3.8, 4) is 0 Å². The smallest absolute Gasteiger partial charge is 0.241 e. The van der Waals surface area contributed by atoms with Gasteiger partial charge in [0.1, 0.15) is 0 Å². The molecule has 1 aromatic heterocycles. The van der Waals surface area contributed by atoms with Crippen LogP contribution in [0.15, 0.2) is 44.4 Å². The molecular weight excluding hydrogens is 386 g/mol. The Hall–Kier alpha value is -0.700. The molecule has 0 spiro atoms. The van der Waals surface area contributed by atoms with Gasteiger partial charge in [0.05, 0.1) is 11.1 Å². The van der Waals surface area contributed by atoms with Crippen LogP contribution in [0.5, 0.6) is 0 Å². The highest BCUT2D eigenvalue weighted by Gasteiger charge is 2.17. The zero-order valence-corrected chi connectivity index (χ0v) is 13.0. The molecule has 0 radical (unpaired) electrons. The molecular formula is C10H9Br2N3O2S. The molecule has 2 aromatic rings. The van der Waals surface area contributed by atoms with Gasteiger partial charge in [-0.2, -0.15) is 5.10 Å². The van der Waals surface area contributed by atoms with E-state index in [1.54, 1.807) is 24.5 Å². The first-order chi connectivity index (χ1) is 8.49. The molecule has 1 heterocycles. The van der Waals surface area contributed by atoms with Gasteiger partial charge in [0.2, 0.25) is 10.0 Å². The summed E-state index contributed by atoms with van der Waals surface area (Å²) in [6.45, 7) is 0.196. The molecule has 1 aromatic carbocycles. The molecule has 8 heteroatoms. The van der Waals surface area contributed by atoms with Crippen molar-refractivity contribution in [3.05, 3.63) is 45.1 Å². The van der Waals surface area contributed by atoms with Gasteiger partial charge in [-0.1, -0.05) is 15.9 Å². The minimum Gasteiger partial charge on any atom is -0.285 e. The number of hydrogen-bond donors (Lipinski definition) is 2. The van der Waals surface area contributed by atoms with Gasteiger partial charge in [0.15, 0.2) is 0 Å². The maximum Gasteiger partial charge on any atom is 0.241 e. The largest absolute Gasteiger partial charge is 0.285 e. The number of sulfonamides is 1. The average Bonchev–Trinajstić information content (AvgIpc) is 2.78. The summed E-state index contributed by atoms with van der Waals surface area (Å²) in [4.78, 5) is 0.203.